The van der Waals surface area contributed by atoms with Gasteiger partial charge < -0.3 is 15.3 Å². The van der Waals surface area contributed by atoms with Crippen LogP contribution < -0.4 is 10.5 Å². The summed E-state index contributed by atoms with van der Waals surface area (Å²) < 4.78 is 32.6. The van der Waals surface area contributed by atoms with Crippen molar-refractivity contribution in [3.63, 3.8) is 0 Å². The molecular formula is C24H39F2N5O2S. The highest BCUT2D eigenvalue weighted by molar-refractivity contribution is 7.13. The molecule has 1 aliphatic carbocycles. The number of hydrogen-bond acceptors (Lipinski definition) is 7. The third-order valence-electron chi connectivity index (χ3n) is 5.89. The number of aromatic nitrogens is 3. The monoisotopic (exact) mass is 499 g/mol. The zero-order valence-electron chi connectivity index (χ0n) is 20.6. The Kier molecular flexibility index (Phi) is 12.1. The Bertz CT molecular complexity index is 847. The minimum Gasteiger partial charge on any atom is -0.464 e. The van der Waals surface area contributed by atoms with Crippen molar-refractivity contribution >= 4 is 17.6 Å². The molecule has 2 aliphatic rings. The smallest absolute Gasteiger partial charge is 0.278 e. The van der Waals surface area contributed by atoms with Gasteiger partial charge in [-0.3, -0.25) is 9.58 Å². The second-order valence-corrected chi connectivity index (χ2v) is 9.97. The normalized spacial score (nSPS) is 16.5. The van der Waals surface area contributed by atoms with Crippen LogP contribution in [0.1, 0.15) is 61.6 Å². The lowest BCUT2D eigenvalue weighted by Gasteiger charge is -2.29. The molecule has 0 saturated heterocycles. The van der Waals surface area contributed by atoms with Gasteiger partial charge in [0.2, 0.25) is 0 Å². The van der Waals surface area contributed by atoms with Crippen LogP contribution in [0, 0.1) is 5.92 Å². The van der Waals surface area contributed by atoms with Crippen molar-refractivity contribution in [2.75, 3.05) is 26.7 Å². The fourth-order valence-electron chi connectivity index (χ4n) is 4.18. The predicted molar refractivity (Wildman–Crippen MR) is 131 cm³/mol. The first-order valence-electron chi connectivity index (χ1n) is 12.0. The van der Waals surface area contributed by atoms with Gasteiger partial charge in [0.1, 0.15) is 6.29 Å². The van der Waals surface area contributed by atoms with E-state index in [1.54, 1.807) is 10.9 Å². The van der Waals surface area contributed by atoms with Crippen LogP contribution in [-0.2, 0) is 31.2 Å². The maximum Gasteiger partial charge on any atom is 0.278 e. The number of carbonyl (C=O) groups is 1. The Morgan fingerprint density at radius 3 is 2.65 bits per heavy atom. The van der Waals surface area contributed by atoms with Crippen LogP contribution in [-0.4, -0.2) is 58.6 Å². The fraction of sp³-hybridized carbons (Fsp3) is 0.708. The average molecular weight is 500 g/mol. The van der Waals surface area contributed by atoms with Crippen molar-refractivity contribution in [3.8, 4) is 5.19 Å². The minimum absolute atomic E-state index is 0.394. The van der Waals surface area contributed by atoms with Crippen LogP contribution in [0.15, 0.2) is 12.4 Å². The number of hydrogen-bond donors (Lipinski definition) is 1. The quantitative estimate of drug-likeness (QED) is 0.547. The van der Waals surface area contributed by atoms with Crippen molar-refractivity contribution in [2.24, 2.45) is 18.7 Å². The van der Waals surface area contributed by atoms with Gasteiger partial charge in [0.05, 0.1) is 11.9 Å². The maximum atomic E-state index is 12.9. The number of aryl methyl sites for hydroxylation is 1. The van der Waals surface area contributed by atoms with Gasteiger partial charge in [-0.05, 0) is 37.9 Å². The van der Waals surface area contributed by atoms with E-state index in [4.69, 9.17) is 4.74 Å². The van der Waals surface area contributed by atoms with Crippen molar-refractivity contribution < 1.29 is 18.3 Å². The molecule has 0 radical (unpaired) electrons. The SMILES string of the molecule is CC(F)(F)COc1nc2c(s1)CCN(CCC1CCCCC1)C2.CN.Cn1cc(CC=O)cn1. The van der Waals surface area contributed by atoms with Crippen molar-refractivity contribution in [1.82, 2.24) is 19.7 Å². The molecule has 2 aromatic heterocycles. The summed E-state index contributed by atoms with van der Waals surface area (Å²) in [6.07, 6.45) is 14.1. The Morgan fingerprint density at radius 1 is 1.29 bits per heavy atom. The summed E-state index contributed by atoms with van der Waals surface area (Å²) in [7, 11) is 3.33. The maximum absolute atomic E-state index is 12.9. The lowest BCUT2D eigenvalue weighted by Crippen LogP contribution is -2.32. The first-order chi connectivity index (χ1) is 16.3. The van der Waals surface area contributed by atoms with E-state index >= 15 is 0 Å². The summed E-state index contributed by atoms with van der Waals surface area (Å²) in [5.41, 5.74) is 6.49. The van der Waals surface area contributed by atoms with Crippen LogP contribution in [0.3, 0.4) is 0 Å². The molecule has 2 N–H and O–H groups in total. The van der Waals surface area contributed by atoms with Gasteiger partial charge in [-0.15, -0.1) is 0 Å². The number of halogens is 2. The van der Waals surface area contributed by atoms with E-state index in [1.807, 2.05) is 13.2 Å². The second kappa shape index (κ2) is 14.5. The number of nitrogens with two attached hydrogens (primary N) is 1. The molecule has 1 aliphatic heterocycles. The zero-order chi connectivity index (χ0) is 25.0. The number of thiazole rings is 1. The Hall–Kier alpha value is -1.91. The van der Waals surface area contributed by atoms with Crippen molar-refractivity contribution in [1.29, 1.82) is 0 Å². The Labute approximate surface area is 205 Å². The highest BCUT2D eigenvalue weighted by Crippen LogP contribution is 2.32. The predicted octanol–water partition coefficient (Wildman–Crippen LogP) is 4.24. The van der Waals surface area contributed by atoms with E-state index in [9.17, 15) is 13.6 Å². The molecule has 3 heterocycles. The lowest BCUT2D eigenvalue weighted by molar-refractivity contribution is -0.107. The van der Waals surface area contributed by atoms with Gasteiger partial charge in [-0.25, -0.2) is 13.8 Å². The molecule has 7 nitrogen and oxygen atoms in total. The van der Waals surface area contributed by atoms with E-state index in [0.29, 0.717) is 11.6 Å². The molecule has 0 spiro atoms. The van der Waals surface area contributed by atoms with Gasteiger partial charge in [0, 0.05) is 44.6 Å². The first kappa shape index (κ1) is 28.3. The molecule has 0 amide bonds. The molecule has 0 bridgehead atoms. The second-order valence-electron chi connectivity index (χ2n) is 8.92. The molecular weight excluding hydrogens is 460 g/mol. The lowest BCUT2D eigenvalue weighted by atomic mass is 9.87. The number of rotatable bonds is 8. The summed E-state index contributed by atoms with van der Waals surface area (Å²) in [6.45, 7) is 3.29. The number of alkyl halides is 2. The topological polar surface area (TPSA) is 86.3 Å². The molecule has 0 atom stereocenters. The molecule has 0 unspecified atom stereocenters. The highest BCUT2D eigenvalue weighted by Gasteiger charge is 2.25. The van der Waals surface area contributed by atoms with Crippen LogP contribution >= 0.6 is 11.3 Å². The van der Waals surface area contributed by atoms with E-state index in [0.717, 1.165) is 56.4 Å². The molecule has 1 saturated carbocycles. The minimum atomic E-state index is -2.81. The molecule has 2 aromatic rings. The van der Waals surface area contributed by atoms with Gasteiger partial charge >= 0.3 is 0 Å². The van der Waals surface area contributed by atoms with Gasteiger partial charge in [-0.2, -0.15) is 5.10 Å². The van der Waals surface area contributed by atoms with E-state index < -0.39 is 12.5 Å². The molecule has 0 aromatic carbocycles. The molecule has 4 rings (SSSR count). The van der Waals surface area contributed by atoms with Crippen LogP contribution in [0.4, 0.5) is 8.78 Å². The van der Waals surface area contributed by atoms with Crippen LogP contribution in [0.2, 0.25) is 0 Å². The summed E-state index contributed by atoms with van der Waals surface area (Å²) in [5, 5.41) is 4.29. The molecule has 10 heteroatoms. The highest BCUT2D eigenvalue weighted by atomic mass is 32.1. The fourth-order valence-corrected chi connectivity index (χ4v) is 5.09. The third kappa shape index (κ3) is 10.1. The van der Waals surface area contributed by atoms with E-state index in [2.05, 4.69) is 20.7 Å². The number of nitrogens with zero attached hydrogens (tertiary/aromatic N) is 4. The first-order valence-corrected chi connectivity index (χ1v) is 12.8. The molecule has 192 valence electrons. The summed E-state index contributed by atoms with van der Waals surface area (Å²) in [6, 6.07) is 0. The number of fused-ring (bicyclic) bond motifs is 1. The van der Waals surface area contributed by atoms with Crippen molar-refractivity contribution in [3.05, 3.63) is 28.5 Å². The Morgan fingerprint density at radius 2 is 2.03 bits per heavy atom. The van der Waals surface area contributed by atoms with Gasteiger partial charge in [-0.1, -0.05) is 43.4 Å². The van der Waals surface area contributed by atoms with Gasteiger partial charge in [0.25, 0.3) is 11.1 Å². The standard InChI is InChI=1S/C17H26F2N2OS.C6H8N2O.CH5N/c1-17(18,19)12-22-16-20-14-11-21(10-8-15(14)23-16)9-7-13-5-3-2-4-6-13;1-8-5-6(2-3-9)4-7-8;1-2/h13H,2-12H2,1H3;3-5H,2H2,1H3;2H2,1H3. The number of aldehydes is 1. The largest absolute Gasteiger partial charge is 0.464 e. The summed E-state index contributed by atoms with van der Waals surface area (Å²) >= 11 is 1.43. The number of carbonyl (C=O) groups excluding carboxylic acids is 1. The average Bonchev–Trinajstić information content (AvgIpc) is 3.43. The third-order valence-corrected chi connectivity index (χ3v) is 6.96. The molecule has 1 fully saturated rings. The van der Waals surface area contributed by atoms with Crippen LogP contribution in [0.5, 0.6) is 5.19 Å². The van der Waals surface area contributed by atoms with Crippen molar-refractivity contribution in [2.45, 2.75) is 70.8 Å². The zero-order valence-corrected chi connectivity index (χ0v) is 21.5. The molecule has 34 heavy (non-hydrogen) atoms. The summed E-state index contributed by atoms with van der Waals surface area (Å²) in [5.74, 6) is -1.91. The summed E-state index contributed by atoms with van der Waals surface area (Å²) in [4.78, 5) is 18.0. The van der Waals surface area contributed by atoms with Gasteiger partial charge in [0.15, 0.2) is 6.61 Å². The van der Waals surface area contributed by atoms with E-state index in [1.165, 1.54) is 61.8 Å². The van der Waals surface area contributed by atoms with E-state index in [-0.39, 0.29) is 0 Å². The van der Waals surface area contributed by atoms with Crippen LogP contribution in [0.25, 0.3) is 0 Å². The number of ether oxygens (including phenoxy) is 1. The Balaban J connectivity index is 0.000000311.